The highest BCUT2D eigenvalue weighted by atomic mass is 35.5. The van der Waals surface area contributed by atoms with Crippen LogP contribution in [0.3, 0.4) is 0 Å². The molecular formula is C16H9Cl3N2O2. The van der Waals surface area contributed by atoms with Gasteiger partial charge in [-0.3, -0.25) is 0 Å². The van der Waals surface area contributed by atoms with Crippen LogP contribution in [0.4, 0.5) is 0 Å². The quantitative estimate of drug-likeness (QED) is 0.773. The van der Waals surface area contributed by atoms with Gasteiger partial charge in [0.1, 0.15) is 23.1 Å². The van der Waals surface area contributed by atoms with Gasteiger partial charge < -0.3 is 15.6 Å². The van der Waals surface area contributed by atoms with Crippen molar-refractivity contribution >= 4 is 34.8 Å². The third-order valence-electron chi connectivity index (χ3n) is 3.58. The summed E-state index contributed by atoms with van der Waals surface area (Å²) in [6, 6.07) is 10.1. The van der Waals surface area contributed by atoms with Crippen molar-refractivity contribution in [2.24, 2.45) is 5.73 Å². The van der Waals surface area contributed by atoms with Gasteiger partial charge in [0.2, 0.25) is 5.88 Å². The van der Waals surface area contributed by atoms with E-state index in [0.717, 1.165) is 0 Å². The highest BCUT2D eigenvalue weighted by molar-refractivity contribution is 6.42. The Balaban J connectivity index is 2.32. The van der Waals surface area contributed by atoms with E-state index in [1.165, 1.54) is 12.1 Å². The van der Waals surface area contributed by atoms with Gasteiger partial charge in [0.25, 0.3) is 0 Å². The standard InChI is InChI=1S/C16H9Cl3N2O2/c17-10-3-1-2-7(15(10)19)14-8-4-11(18)12(22)5-13(8)23-16(21)9(14)6-20/h1-5,14,22H,21H2. The van der Waals surface area contributed by atoms with Crippen LogP contribution in [0.25, 0.3) is 0 Å². The van der Waals surface area contributed by atoms with E-state index in [1.54, 1.807) is 18.2 Å². The van der Waals surface area contributed by atoms with E-state index in [4.69, 9.17) is 45.3 Å². The number of hydrogen-bond donors (Lipinski definition) is 2. The summed E-state index contributed by atoms with van der Waals surface area (Å²) in [5, 5.41) is 20.0. The fourth-order valence-electron chi connectivity index (χ4n) is 2.53. The first-order chi connectivity index (χ1) is 10.9. The van der Waals surface area contributed by atoms with Gasteiger partial charge in [-0.15, -0.1) is 0 Å². The van der Waals surface area contributed by atoms with E-state index in [0.29, 0.717) is 26.9 Å². The first kappa shape index (κ1) is 15.8. The van der Waals surface area contributed by atoms with E-state index in [2.05, 4.69) is 0 Å². The average Bonchev–Trinajstić information content (AvgIpc) is 2.51. The lowest BCUT2D eigenvalue weighted by Crippen LogP contribution is -2.21. The molecular weight excluding hydrogens is 359 g/mol. The molecule has 0 fully saturated rings. The Morgan fingerprint density at radius 1 is 1.13 bits per heavy atom. The van der Waals surface area contributed by atoms with Gasteiger partial charge >= 0.3 is 0 Å². The van der Waals surface area contributed by atoms with Gasteiger partial charge in [0.15, 0.2) is 0 Å². The molecule has 0 bridgehead atoms. The van der Waals surface area contributed by atoms with Gasteiger partial charge in [-0.1, -0.05) is 46.9 Å². The Labute approximate surface area is 147 Å². The van der Waals surface area contributed by atoms with Crippen LogP contribution in [0.1, 0.15) is 17.0 Å². The lowest BCUT2D eigenvalue weighted by atomic mass is 9.83. The summed E-state index contributed by atoms with van der Waals surface area (Å²) in [4.78, 5) is 0. The molecule has 1 unspecified atom stereocenters. The number of allylic oxidation sites excluding steroid dienone is 1. The average molecular weight is 368 g/mol. The van der Waals surface area contributed by atoms with Crippen molar-refractivity contribution in [3.8, 4) is 17.6 Å². The molecule has 7 heteroatoms. The molecule has 1 atom stereocenters. The van der Waals surface area contributed by atoms with Gasteiger partial charge in [0, 0.05) is 11.6 Å². The summed E-state index contributed by atoms with van der Waals surface area (Å²) in [6.07, 6.45) is 0. The second-order valence-corrected chi connectivity index (χ2v) is 6.10. The topological polar surface area (TPSA) is 79.3 Å². The fourth-order valence-corrected chi connectivity index (χ4v) is 3.12. The Morgan fingerprint density at radius 2 is 1.87 bits per heavy atom. The number of nitrogens with two attached hydrogens (primary N) is 1. The first-order valence-electron chi connectivity index (χ1n) is 6.48. The van der Waals surface area contributed by atoms with Gasteiger partial charge in [0.05, 0.1) is 21.0 Å². The zero-order chi connectivity index (χ0) is 16.7. The van der Waals surface area contributed by atoms with Crippen LogP contribution in [0.2, 0.25) is 15.1 Å². The third-order valence-corrected chi connectivity index (χ3v) is 4.71. The van der Waals surface area contributed by atoms with E-state index < -0.39 is 5.92 Å². The Bertz CT molecular complexity index is 888. The summed E-state index contributed by atoms with van der Waals surface area (Å²) >= 11 is 18.4. The largest absolute Gasteiger partial charge is 0.506 e. The van der Waals surface area contributed by atoms with Crippen molar-refractivity contribution in [3.63, 3.8) is 0 Å². The number of ether oxygens (including phenoxy) is 1. The third kappa shape index (κ3) is 2.57. The molecule has 1 aliphatic heterocycles. The summed E-state index contributed by atoms with van der Waals surface area (Å²) in [5.41, 5.74) is 7.22. The molecule has 4 nitrogen and oxygen atoms in total. The second-order valence-electron chi connectivity index (χ2n) is 4.91. The molecule has 1 heterocycles. The van der Waals surface area contributed by atoms with Crippen molar-refractivity contribution in [2.45, 2.75) is 5.92 Å². The number of halogens is 3. The molecule has 0 spiro atoms. The molecule has 2 aromatic carbocycles. The maximum absolute atomic E-state index is 9.76. The minimum atomic E-state index is -0.590. The molecule has 0 radical (unpaired) electrons. The van der Waals surface area contributed by atoms with E-state index in [1.807, 2.05) is 6.07 Å². The fraction of sp³-hybridized carbons (Fsp3) is 0.0625. The SMILES string of the molecule is N#CC1=C(N)Oc2cc(O)c(Cl)cc2C1c1cccc(Cl)c1Cl. The predicted octanol–water partition coefficient (Wildman–Crippen LogP) is 4.57. The van der Waals surface area contributed by atoms with Gasteiger partial charge in [-0.2, -0.15) is 5.26 Å². The van der Waals surface area contributed by atoms with Crippen LogP contribution in [0.15, 0.2) is 41.8 Å². The van der Waals surface area contributed by atoms with Crippen LogP contribution in [-0.2, 0) is 0 Å². The monoisotopic (exact) mass is 366 g/mol. The number of phenols is 1. The van der Waals surface area contributed by atoms with E-state index >= 15 is 0 Å². The summed E-state index contributed by atoms with van der Waals surface area (Å²) in [6.45, 7) is 0. The first-order valence-corrected chi connectivity index (χ1v) is 7.61. The second kappa shape index (κ2) is 5.86. The molecule has 0 aromatic heterocycles. The number of aromatic hydroxyl groups is 1. The predicted molar refractivity (Wildman–Crippen MR) is 88.9 cm³/mol. The highest BCUT2D eigenvalue weighted by Gasteiger charge is 2.33. The maximum Gasteiger partial charge on any atom is 0.205 e. The van der Waals surface area contributed by atoms with Crippen molar-refractivity contribution in [1.82, 2.24) is 0 Å². The number of phenolic OH excluding ortho intramolecular Hbond substituents is 1. The molecule has 0 amide bonds. The smallest absolute Gasteiger partial charge is 0.205 e. The van der Waals surface area contributed by atoms with Crippen LogP contribution in [-0.4, -0.2) is 5.11 Å². The van der Waals surface area contributed by atoms with Crippen LogP contribution in [0.5, 0.6) is 11.5 Å². The molecule has 3 rings (SSSR count). The normalized spacial score (nSPS) is 16.5. The van der Waals surface area contributed by atoms with E-state index in [-0.39, 0.29) is 22.2 Å². The number of benzene rings is 2. The minimum absolute atomic E-state index is 0.0530. The van der Waals surface area contributed by atoms with Crippen LogP contribution < -0.4 is 10.5 Å². The van der Waals surface area contributed by atoms with Crippen molar-refractivity contribution in [1.29, 1.82) is 5.26 Å². The Hall–Kier alpha value is -2.06. The van der Waals surface area contributed by atoms with Crippen molar-refractivity contribution < 1.29 is 9.84 Å². The van der Waals surface area contributed by atoms with Crippen LogP contribution >= 0.6 is 34.8 Å². The summed E-state index contributed by atoms with van der Waals surface area (Å²) < 4.78 is 5.43. The summed E-state index contributed by atoms with van der Waals surface area (Å²) in [7, 11) is 0. The number of rotatable bonds is 1. The maximum atomic E-state index is 9.76. The number of nitriles is 1. The van der Waals surface area contributed by atoms with Gasteiger partial charge in [-0.25, -0.2) is 0 Å². The molecule has 1 aliphatic rings. The lowest BCUT2D eigenvalue weighted by Gasteiger charge is -2.27. The molecule has 2 aromatic rings. The number of nitrogens with zero attached hydrogens (tertiary/aromatic N) is 1. The molecule has 0 saturated carbocycles. The molecule has 0 saturated heterocycles. The van der Waals surface area contributed by atoms with E-state index in [9.17, 15) is 10.4 Å². The molecule has 0 aliphatic carbocycles. The molecule has 3 N–H and O–H groups in total. The highest BCUT2D eigenvalue weighted by Crippen LogP contribution is 2.47. The zero-order valence-electron chi connectivity index (χ0n) is 11.5. The van der Waals surface area contributed by atoms with Crippen molar-refractivity contribution in [2.75, 3.05) is 0 Å². The number of hydrogen-bond acceptors (Lipinski definition) is 4. The lowest BCUT2D eigenvalue weighted by molar-refractivity contribution is 0.388. The zero-order valence-corrected chi connectivity index (χ0v) is 13.7. The molecule has 116 valence electrons. The van der Waals surface area contributed by atoms with Gasteiger partial charge in [-0.05, 0) is 17.7 Å². The van der Waals surface area contributed by atoms with Crippen molar-refractivity contribution in [3.05, 3.63) is 68.0 Å². The number of fused-ring (bicyclic) bond motifs is 1. The summed E-state index contributed by atoms with van der Waals surface area (Å²) in [5.74, 6) is -0.477. The van der Waals surface area contributed by atoms with Crippen LogP contribution in [0, 0.1) is 11.3 Å². The molecule has 23 heavy (non-hydrogen) atoms. The Kier molecular flexibility index (Phi) is 4.03. The Morgan fingerprint density at radius 3 is 2.57 bits per heavy atom. The minimum Gasteiger partial charge on any atom is -0.506 e.